The van der Waals surface area contributed by atoms with E-state index in [-0.39, 0.29) is 6.03 Å². The fourth-order valence-electron chi connectivity index (χ4n) is 1.16. The van der Waals surface area contributed by atoms with Crippen LogP contribution in [0.25, 0.3) is 0 Å². The lowest BCUT2D eigenvalue weighted by Gasteiger charge is -2.18. The van der Waals surface area contributed by atoms with Crippen LogP contribution in [-0.2, 0) is 0 Å². The Labute approximate surface area is 101 Å². The van der Waals surface area contributed by atoms with Crippen molar-refractivity contribution in [3.63, 3.8) is 0 Å². The molecule has 0 saturated heterocycles. The highest BCUT2D eigenvalue weighted by Gasteiger charge is 2.11. The Balaban J connectivity index is 2.10. The number of aliphatic imine (C=N–C) groups is 1. The Hall–Kier alpha value is -0.910. The van der Waals surface area contributed by atoms with Gasteiger partial charge in [0.05, 0.1) is 0 Å². The topological polar surface area (TPSA) is 56.7 Å². The summed E-state index contributed by atoms with van der Waals surface area (Å²) in [5, 5.41) is 7.00. The molecule has 0 aliphatic carbocycles. The van der Waals surface area contributed by atoms with Crippen molar-refractivity contribution in [2.75, 3.05) is 39.5 Å². The number of carbonyl (C=O) groups is 1. The van der Waals surface area contributed by atoms with Crippen LogP contribution in [0.15, 0.2) is 4.99 Å². The van der Waals surface area contributed by atoms with Gasteiger partial charge in [-0.3, -0.25) is 4.99 Å². The molecule has 1 aliphatic heterocycles. The largest absolute Gasteiger partial charge is 0.363 e. The predicted molar refractivity (Wildman–Crippen MR) is 69.0 cm³/mol. The van der Waals surface area contributed by atoms with Crippen LogP contribution in [0.5, 0.6) is 0 Å². The molecule has 1 heterocycles. The number of amides is 2. The third-order valence-electron chi connectivity index (χ3n) is 2.13. The minimum atomic E-state index is -0.0614. The molecule has 0 aromatic heterocycles. The zero-order valence-corrected chi connectivity index (χ0v) is 10.9. The molecule has 1 unspecified atom stereocenters. The molecule has 0 radical (unpaired) electrons. The van der Waals surface area contributed by atoms with E-state index in [1.165, 1.54) is 4.90 Å². The quantitative estimate of drug-likeness (QED) is 0.714. The van der Waals surface area contributed by atoms with Crippen molar-refractivity contribution in [3.8, 4) is 0 Å². The monoisotopic (exact) mass is 244 g/mol. The van der Waals surface area contributed by atoms with Crippen LogP contribution in [0, 0.1) is 5.92 Å². The Morgan fingerprint density at radius 2 is 2.31 bits per heavy atom. The van der Waals surface area contributed by atoms with E-state index in [2.05, 4.69) is 22.5 Å². The van der Waals surface area contributed by atoms with Crippen LogP contribution in [0.4, 0.5) is 4.79 Å². The smallest absolute Gasteiger partial charge is 0.316 e. The minimum Gasteiger partial charge on any atom is -0.363 e. The second-order valence-corrected chi connectivity index (χ2v) is 5.12. The molecule has 1 atom stereocenters. The highest BCUT2D eigenvalue weighted by molar-refractivity contribution is 8.13. The van der Waals surface area contributed by atoms with Gasteiger partial charge in [-0.1, -0.05) is 18.7 Å². The molecule has 16 heavy (non-hydrogen) atoms. The van der Waals surface area contributed by atoms with Gasteiger partial charge in [-0.25, -0.2) is 4.79 Å². The highest BCUT2D eigenvalue weighted by atomic mass is 32.2. The van der Waals surface area contributed by atoms with Crippen LogP contribution in [0.2, 0.25) is 0 Å². The first-order valence-electron chi connectivity index (χ1n) is 5.46. The van der Waals surface area contributed by atoms with Crippen molar-refractivity contribution in [2.45, 2.75) is 6.92 Å². The lowest BCUT2D eigenvalue weighted by atomic mass is 10.2. The summed E-state index contributed by atoms with van der Waals surface area (Å²) >= 11 is 1.75. The first kappa shape index (κ1) is 13.2. The molecule has 0 spiro atoms. The first-order valence-corrected chi connectivity index (χ1v) is 6.44. The zero-order chi connectivity index (χ0) is 12.0. The average Bonchev–Trinajstić information content (AvgIpc) is 2.26. The molecule has 1 rings (SSSR count). The number of thioether (sulfide) groups is 1. The number of hydrogen-bond donors (Lipinski definition) is 2. The maximum atomic E-state index is 11.2. The van der Waals surface area contributed by atoms with E-state index in [1.807, 2.05) is 0 Å². The maximum Gasteiger partial charge on any atom is 0.316 e. The third kappa shape index (κ3) is 4.74. The second kappa shape index (κ2) is 6.62. The van der Waals surface area contributed by atoms with Crippen LogP contribution < -0.4 is 10.6 Å². The van der Waals surface area contributed by atoms with Crippen molar-refractivity contribution in [3.05, 3.63) is 0 Å². The maximum absolute atomic E-state index is 11.2. The van der Waals surface area contributed by atoms with Crippen LogP contribution in [-0.4, -0.2) is 55.6 Å². The SMILES string of the molecule is CC1CN=C(NCCNC(=O)N(C)C)SC1. The second-order valence-electron chi connectivity index (χ2n) is 4.12. The van der Waals surface area contributed by atoms with Gasteiger partial charge in [-0.2, -0.15) is 0 Å². The molecule has 2 N–H and O–H groups in total. The Morgan fingerprint density at radius 1 is 1.56 bits per heavy atom. The Bertz CT molecular complexity index is 268. The molecule has 92 valence electrons. The summed E-state index contributed by atoms with van der Waals surface area (Å²) in [6, 6.07) is -0.0614. The van der Waals surface area contributed by atoms with Gasteiger partial charge in [0.25, 0.3) is 0 Å². The summed E-state index contributed by atoms with van der Waals surface area (Å²) < 4.78 is 0. The minimum absolute atomic E-state index is 0.0614. The summed E-state index contributed by atoms with van der Waals surface area (Å²) in [4.78, 5) is 17.1. The number of rotatable bonds is 3. The van der Waals surface area contributed by atoms with Crippen molar-refractivity contribution < 1.29 is 4.79 Å². The van der Waals surface area contributed by atoms with E-state index in [1.54, 1.807) is 25.9 Å². The summed E-state index contributed by atoms with van der Waals surface area (Å²) in [5.41, 5.74) is 0. The van der Waals surface area contributed by atoms with Crippen molar-refractivity contribution in [2.24, 2.45) is 10.9 Å². The van der Waals surface area contributed by atoms with E-state index >= 15 is 0 Å². The van der Waals surface area contributed by atoms with Gasteiger partial charge < -0.3 is 15.5 Å². The van der Waals surface area contributed by atoms with Crippen molar-refractivity contribution >= 4 is 23.0 Å². The lowest BCUT2D eigenvalue weighted by Crippen LogP contribution is -2.39. The van der Waals surface area contributed by atoms with Crippen LogP contribution in [0.1, 0.15) is 6.92 Å². The number of amidine groups is 1. The van der Waals surface area contributed by atoms with Crippen molar-refractivity contribution in [1.82, 2.24) is 15.5 Å². The van der Waals surface area contributed by atoms with Gasteiger partial charge in [0.15, 0.2) is 5.17 Å². The number of carbonyl (C=O) groups excluding carboxylic acids is 1. The fourth-order valence-corrected chi connectivity index (χ4v) is 2.08. The molecule has 0 fully saturated rings. The molecule has 0 aromatic rings. The fraction of sp³-hybridized carbons (Fsp3) is 0.800. The van der Waals surface area contributed by atoms with Gasteiger partial charge in [-0.15, -0.1) is 0 Å². The molecule has 0 saturated carbocycles. The van der Waals surface area contributed by atoms with E-state index in [4.69, 9.17) is 0 Å². The summed E-state index contributed by atoms with van der Waals surface area (Å²) in [5.74, 6) is 1.79. The molecular formula is C10H20N4OS. The first-order chi connectivity index (χ1) is 7.59. The predicted octanol–water partition coefficient (Wildman–Crippen LogP) is 0.586. The van der Waals surface area contributed by atoms with Crippen LogP contribution in [0.3, 0.4) is 0 Å². The summed E-state index contributed by atoms with van der Waals surface area (Å²) in [6.07, 6.45) is 0. The van der Waals surface area contributed by atoms with E-state index in [0.717, 1.165) is 24.0 Å². The molecular weight excluding hydrogens is 224 g/mol. The van der Waals surface area contributed by atoms with Gasteiger partial charge in [0.1, 0.15) is 0 Å². The van der Waals surface area contributed by atoms with Gasteiger partial charge in [-0.05, 0) is 5.92 Å². The van der Waals surface area contributed by atoms with Crippen molar-refractivity contribution in [1.29, 1.82) is 0 Å². The molecule has 1 aliphatic rings. The molecule has 0 bridgehead atoms. The highest BCUT2D eigenvalue weighted by Crippen LogP contribution is 2.15. The summed E-state index contributed by atoms with van der Waals surface area (Å²) in [6.45, 7) is 4.44. The molecule has 0 aromatic carbocycles. The normalized spacial score (nSPS) is 19.9. The third-order valence-corrected chi connectivity index (χ3v) is 3.42. The molecule has 5 nitrogen and oxygen atoms in total. The number of nitrogens with zero attached hydrogens (tertiary/aromatic N) is 2. The van der Waals surface area contributed by atoms with E-state index < -0.39 is 0 Å². The number of urea groups is 1. The Kier molecular flexibility index (Phi) is 5.45. The van der Waals surface area contributed by atoms with Crippen LogP contribution >= 0.6 is 11.8 Å². The van der Waals surface area contributed by atoms with Gasteiger partial charge in [0.2, 0.25) is 0 Å². The van der Waals surface area contributed by atoms with Gasteiger partial charge >= 0.3 is 6.03 Å². The molecule has 2 amide bonds. The van der Waals surface area contributed by atoms with Gasteiger partial charge in [0, 0.05) is 39.5 Å². The standard InChI is InChI=1S/C10H20N4OS/c1-8-6-13-9(16-7-8)11-4-5-12-10(15)14(2)3/h8H,4-7H2,1-3H3,(H,11,13)(H,12,15). The van der Waals surface area contributed by atoms with E-state index in [0.29, 0.717) is 12.5 Å². The number of hydrogen-bond acceptors (Lipinski definition) is 4. The Morgan fingerprint density at radius 3 is 2.88 bits per heavy atom. The number of nitrogens with one attached hydrogen (secondary N) is 2. The lowest BCUT2D eigenvalue weighted by molar-refractivity contribution is 0.217. The average molecular weight is 244 g/mol. The zero-order valence-electron chi connectivity index (χ0n) is 10.1. The summed E-state index contributed by atoms with van der Waals surface area (Å²) in [7, 11) is 3.45. The van der Waals surface area contributed by atoms with E-state index in [9.17, 15) is 4.79 Å². The molecule has 6 heteroatoms.